The first-order valence-electron chi connectivity index (χ1n) is 9.49. The number of benzene rings is 2. The van der Waals surface area contributed by atoms with Crippen molar-refractivity contribution in [1.82, 2.24) is 5.32 Å². The van der Waals surface area contributed by atoms with Gasteiger partial charge in [-0.3, -0.25) is 10.2 Å². The minimum absolute atomic E-state index is 0.152. The van der Waals surface area contributed by atoms with Crippen LogP contribution in [0.4, 0.5) is 10.5 Å². The molecule has 3 atom stereocenters. The first-order valence-corrected chi connectivity index (χ1v) is 10.3. The Hall–Kier alpha value is -2.42. The van der Waals surface area contributed by atoms with Gasteiger partial charge in [-0.1, -0.05) is 53.7 Å². The number of nitrogens with zero attached hydrogens (tertiary/aromatic N) is 2. The first kappa shape index (κ1) is 19.9. The Kier molecular flexibility index (Phi) is 6.13. The lowest BCUT2D eigenvalue weighted by Crippen LogP contribution is -2.52. The maximum Gasteiger partial charge on any atom is 0.415 e. The van der Waals surface area contributed by atoms with Crippen LogP contribution in [0, 0.1) is 0 Å². The number of para-hydroxylation sites is 1. The Balaban J connectivity index is 1.43. The van der Waals surface area contributed by atoms with Crippen LogP contribution in [-0.4, -0.2) is 40.7 Å². The SMILES string of the molecule is O=C(OCc1ccccc1)N1c2ccccc2CC1C(O)NCC1CC(Br)=NO1. The fourth-order valence-electron chi connectivity index (χ4n) is 3.58. The Bertz CT molecular complexity index is 893. The Morgan fingerprint density at radius 2 is 2.00 bits per heavy atom. The van der Waals surface area contributed by atoms with E-state index >= 15 is 0 Å². The molecule has 8 heteroatoms. The van der Waals surface area contributed by atoms with Crippen LogP contribution in [-0.2, 0) is 22.6 Å². The molecule has 0 bridgehead atoms. The largest absolute Gasteiger partial charge is 0.444 e. The number of aliphatic hydroxyl groups excluding tert-OH is 1. The molecule has 2 aliphatic heterocycles. The fourth-order valence-corrected chi connectivity index (χ4v) is 4.03. The molecule has 3 unspecified atom stereocenters. The van der Waals surface area contributed by atoms with E-state index in [2.05, 4.69) is 26.4 Å². The van der Waals surface area contributed by atoms with Gasteiger partial charge in [-0.05, 0) is 39.5 Å². The van der Waals surface area contributed by atoms with Crippen LogP contribution in [0.15, 0.2) is 59.8 Å². The predicted octanol–water partition coefficient (Wildman–Crippen LogP) is 3.16. The third-order valence-corrected chi connectivity index (χ3v) is 5.50. The van der Waals surface area contributed by atoms with Crippen molar-refractivity contribution in [3.63, 3.8) is 0 Å². The van der Waals surface area contributed by atoms with Gasteiger partial charge < -0.3 is 14.7 Å². The minimum Gasteiger partial charge on any atom is -0.444 e. The first-order chi connectivity index (χ1) is 14.1. The normalized spacial score (nSPS) is 21.3. The van der Waals surface area contributed by atoms with Gasteiger partial charge in [0.2, 0.25) is 0 Å². The Morgan fingerprint density at radius 3 is 2.76 bits per heavy atom. The zero-order valence-corrected chi connectivity index (χ0v) is 17.3. The van der Waals surface area contributed by atoms with Gasteiger partial charge in [0.25, 0.3) is 0 Å². The van der Waals surface area contributed by atoms with E-state index in [0.29, 0.717) is 19.4 Å². The predicted molar refractivity (Wildman–Crippen MR) is 113 cm³/mol. The summed E-state index contributed by atoms with van der Waals surface area (Å²) < 4.78 is 6.29. The molecule has 1 amide bonds. The Morgan fingerprint density at radius 1 is 1.24 bits per heavy atom. The number of fused-ring (bicyclic) bond motifs is 1. The summed E-state index contributed by atoms with van der Waals surface area (Å²) in [5, 5.41) is 17.7. The summed E-state index contributed by atoms with van der Waals surface area (Å²) in [5.74, 6) is 0. The molecule has 0 saturated carbocycles. The van der Waals surface area contributed by atoms with Crippen LogP contribution in [0.2, 0.25) is 0 Å². The maximum absolute atomic E-state index is 12.9. The number of halogens is 1. The second kappa shape index (κ2) is 8.94. The molecule has 4 rings (SSSR count). The third kappa shape index (κ3) is 4.60. The highest BCUT2D eigenvalue weighted by molar-refractivity contribution is 9.18. The standard InChI is InChI=1S/C21H22BrN3O4/c22-19-11-16(29-24-19)12-23-20(26)18-10-15-8-4-5-9-17(15)25(18)21(27)28-13-14-6-2-1-3-7-14/h1-9,16,18,20,23,26H,10-13H2. The topological polar surface area (TPSA) is 83.4 Å². The molecule has 0 aromatic heterocycles. The molecule has 7 nitrogen and oxygen atoms in total. The molecule has 29 heavy (non-hydrogen) atoms. The van der Waals surface area contributed by atoms with Crippen LogP contribution in [0.1, 0.15) is 17.5 Å². The Labute approximate surface area is 177 Å². The third-order valence-electron chi connectivity index (χ3n) is 5.03. The molecule has 2 N–H and O–H groups in total. The lowest BCUT2D eigenvalue weighted by Gasteiger charge is -2.29. The summed E-state index contributed by atoms with van der Waals surface area (Å²) in [5.41, 5.74) is 2.67. The van der Waals surface area contributed by atoms with Gasteiger partial charge in [-0.15, -0.1) is 0 Å². The summed E-state index contributed by atoms with van der Waals surface area (Å²) in [7, 11) is 0. The van der Waals surface area contributed by atoms with E-state index in [1.807, 2.05) is 54.6 Å². The van der Waals surface area contributed by atoms with Crippen molar-refractivity contribution in [2.24, 2.45) is 5.16 Å². The van der Waals surface area contributed by atoms with Crippen LogP contribution >= 0.6 is 15.9 Å². The number of amides is 1. The number of oxime groups is 1. The number of hydrogen-bond donors (Lipinski definition) is 2. The van der Waals surface area contributed by atoms with E-state index in [9.17, 15) is 9.90 Å². The zero-order valence-electron chi connectivity index (χ0n) is 15.7. The van der Waals surface area contributed by atoms with Crippen molar-refractivity contribution in [3.8, 4) is 0 Å². The second-order valence-electron chi connectivity index (χ2n) is 7.06. The van der Waals surface area contributed by atoms with Gasteiger partial charge in [0.15, 0.2) is 0 Å². The van der Waals surface area contributed by atoms with E-state index in [1.165, 1.54) is 4.90 Å². The van der Waals surface area contributed by atoms with E-state index in [1.54, 1.807) is 0 Å². The molecular weight excluding hydrogens is 438 g/mol. The fraction of sp³-hybridized carbons (Fsp3) is 0.333. The van der Waals surface area contributed by atoms with Gasteiger partial charge in [0, 0.05) is 13.0 Å². The van der Waals surface area contributed by atoms with E-state index < -0.39 is 18.4 Å². The van der Waals surface area contributed by atoms with Gasteiger partial charge in [0.1, 0.15) is 23.6 Å². The number of ether oxygens (including phenoxy) is 1. The van der Waals surface area contributed by atoms with Crippen molar-refractivity contribution >= 4 is 32.3 Å². The number of aliphatic hydroxyl groups is 1. The quantitative estimate of drug-likeness (QED) is 0.648. The van der Waals surface area contributed by atoms with Crippen LogP contribution in [0.25, 0.3) is 0 Å². The molecule has 2 aromatic rings. The molecule has 2 aliphatic rings. The lowest BCUT2D eigenvalue weighted by atomic mass is 10.1. The number of anilines is 1. The highest BCUT2D eigenvalue weighted by Crippen LogP contribution is 2.34. The number of hydrogen-bond acceptors (Lipinski definition) is 6. The molecule has 0 spiro atoms. The zero-order chi connectivity index (χ0) is 20.2. The lowest BCUT2D eigenvalue weighted by molar-refractivity contribution is 0.0516. The summed E-state index contributed by atoms with van der Waals surface area (Å²) in [6, 6.07) is 16.7. The minimum atomic E-state index is -0.936. The highest BCUT2D eigenvalue weighted by Gasteiger charge is 2.39. The number of rotatable bonds is 6. The van der Waals surface area contributed by atoms with E-state index in [0.717, 1.165) is 21.4 Å². The van der Waals surface area contributed by atoms with Crippen molar-refractivity contribution in [2.45, 2.75) is 37.8 Å². The number of nitrogens with one attached hydrogen (secondary N) is 1. The molecule has 0 fully saturated rings. The van der Waals surface area contributed by atoms with E-state index in [-0.39, 0.29) is 12.7 Å². The van der Waals surface area contributed by atoms with Gasteiger partial charge in [-0.2, -0.15) is 0 Å². The molecule has 2 aromatic carbocycles. The summed E-state index contributed by atoms with van der Waals surface area (Å²) >= 11 is 3.30. The van der Waals surface area contributed by atoms with Crippen molar-refractivity contribution in [3.05, 3.63) is 65.7 Å². The van der Waals surface area contributed by atoms with Crippen molar-refractivity contribution < 1.29 is 19.5 Å². The molecule has 0 aliphatic carbocycles. The molecule has 152 valence electrons. The second-order valence-corrected chi connectivity index (χ2v) is 7.98. The summed E-state index contributed by atoms with van der Waals surface area (Å²) in [6.45, 7) is 0.593. The molecule has 2 heterocycles. The average molecular weight is 460 g/mol. The summed E-state index contributed by atoms with van der Waals surface area (Å²) in [6.07, 6.45) is -0.381. The van der Waals surface area contributed by atoms with Gasteiger partial charge >= 0.3 is 6.09 Å². The number of carbonyl (C=O) groups is 1. The smallest absolute Gasteiger partial charge is 0.415 e. The highest BCUT2D eigenvalue weighted by atomic mass is 79.9. The van der Waals surface area contributed by atoms with Crippen LogP contribution in [0.5, 0.6) is 0 Å². The van der Waals surface area contributed by atoms with Gasteiger partial charge in [0.05, 0.1) is 11.7 Å². The van der Waals surface area contributed by atoms with Crippen LogP contribution in [0.3, 0.4) is 0 Å². The monoisotopic (exact) mass is 459 g/mol. The molecule has 0 radical (unpaired) electrons. The van der Waals surface area contributed by atoms with E-state index in [4.69, 9.17) is 9.57 Å². The van der Waals surface area contributed by atoms with Crippen molar-refractivity contribution in [2.75, 3.05) is 11.4 Å². The molecule has 0 saturated heterocycles. The summed E-state index contributed by atoms with van der Waals surface area (Å²) in [4.78, 5) is 19.7. The average Bonchev–Trinajstić information content (AvgIpc) is 3.34. The van der Waals surface area contributed by atoms with Crippen LogP contribution < -0.4 is 10.2 Å². The molecular formula is C21H22BrN3O4. The maximum atomic E-state index is 12.9. The number of carbonyl (C=O) groups excluding carboxylic acids is 1. The van der Waals surface area contributed by atoms with Crippen molar-refractivity contribution in [1.29, 1.82) is 0 Å². The van der Waals surface area contributed by atoms with Gasteiger partial charge in [-0.25, -0.2) is 4.79 Å².